The van der Waals surface area contributed by atoms with Crippen molar-refractivity contribution >= 4 is 35.2 Å². The van der Waals surface area contributed by atoms with Gasteiger partial charge in [0.2, 0.25) is 11.1 Å². The van der Waals surface area contributed by atoms with E-state index in [4.69, 9.17) is 24.3 Å². The molecule has 5 rings (SSSR count). The van der Waals surface area contributed by atoms with Crippen molar-refractivity contribution in [2.45, 2.75) is 51.7 Å². The maximum Gasteiger partial charge on any atom is 0.260 e. The number of carbonyl (C=O) groups is 2. The number of thioether (sulfide) groups is 1. The van der Waals surface area contributed by atoms with Crippen molar-refractivity contribution in [1.29, 1.82) is 0 Å². The van der Waals surface area contributed by atoms with Gasteiger partial charge in [-0.25, -0.2) is 4.68 Å². The molecule has 3 heterocycles. The van der Waals surface area contributed by atoms with Crippen molar-refractivity contribution in [1.82, 2.24) is 19.7 Å². The van der Waals surface area contributed by atoms with Gasteiger partial charge in [-0.05, 0) is 62.1 Å². The highest BCUT2D eigenvalue weighted by Crippen LogP contribution is 2.40. The molecule has 1 unspecified atom stereocenters. The summed E-state index contributed by atoms with van der Waals surface area (Å²) in [5, 5.41) is 11.9. The molecule has 2 aliphatic rings. The molecule has 1 saturated heterocycles. The van der Waals surface area contributed by atoms with Crippen LogP contribution in [0.1, 0.15) is 49.4 Å². The molecule has 3 aromatic rings. The van der Waals surface area contributed by atoms with Gasteiger partial charge in [-0.2, -0.15) is 4.98 Å². The highest BCUT2D eigenvalue weighted by Gasteiger charge is 2.35. The lowest BCUT2D eigenvalue weighted by molar-refractivity contribution is -0.137. The van der Waals surface area contributed by atoms with Crippen molar-refractivity contribution < 1.29 is 23.8 Å². The zero-order chi connectivity index (χ0) is 31.2. The van der Waals surface area contributed by atoms with E-state index in [2.05, 4.69) is 17.6 Å². The number of allylic oxidation sites excluding steroid dienone is 1. The van der Waals surface area contributed by atoms with Gasteiger partial charge >= 0.3 is 0 Å². The molecule has 1 aromatic heterocycles. The van der Waals surface area contributed by atoms with Crippen LogP contribution < -0.4 is 20.1 Å². The van der Waals surface area contributed by atoms with E-state index in [1.807, 2.05) is 51.1 Å². The number of aromatic nitrogens is 3. The Balaban J connectivity index is 1.47. The van der Waals surface area contributed by atoms with Gasteiger partial charge in [-0.1, -0.05) is 43.3 Å². The second kappa shape index (κ2) is 14.2. The lowest BCUT2D eigenvalue weighted by Crippen LogP contribution is -2.43. The molecule has 12 heteroatoms. The molecule has 0 radical (unpaired) electrons. The fourth-order valence-corrected chi connectivity index (χ4v) is 6.11. The highest BCUT2D eigenvalue weighted by molar-refractivity contribution is 7.99. The summed E-state index contributed by atoms with van der Waals surface area (Å²) in [6.07, 6.45) is 2.13. The molecular formula is C32H40N6O5S. The van der Waals surface area contributed by atoms with Crippen molar-refractivity contribution in [2.24, 2.45) is 0 Å². The molecule has 2 aromatic carbocycles. The second-order valence-corrected chi connectivity index (χ2v) is 11.9. The average Bonchev–Trinajstić information content (AvgIpc) is 3.44. The molecule has 11 nitrogen and oxygen atoms in total. The summed E-state index contributed by atoms with van der Waals surface area (Å²) in [5.74, 6) is 1.99. The minimum absolute atomic E-state index is 0.109. The summed E-state index contributed by atoms with van der Waals surface area (Å²) in [5.41, 5.74) is 4.79. The number of rotatable bonds is 11. The molecule has 0 aliphatic carbocycles. The largest absolute Gasteiger partial charge is 0.493 e. The maximum atomic E-state index is 14.0. The molecule has 2 amide bonds. The number of hydrogen-bond acceptors (Lipinski definition) is 9. The molecule has 0 bridgehead atoms. The van der Waals surface area contributed by atoms with Gasteiger partial charge in [-0.3, -0.25) is 9.59 Å². The van der Waals surface area contributed by atoms with Gasteiger partial charge in [0.1, 0.15) is 6.04 Å². The highest BCUT2D eigenvalue weighted by atomic mass is 32.2. The molecular weight excluding hydrogens is 580 g/mol. The summed E-state index contributed by atoms with van der Waals surface area (Å²) >= 11 is 1.59. The molecule has 2 aliphatic heterocycles. The van der Waals surface area contributed by atoms with Crippen LogP contribution in [-0.4, -0.2) is 77.3 Å². The topological polar surface area (TPSA) is 120 Å². The summed E-state index contributed by atoms with van der Waals surface area (Å²) < 4.78 is 18.7. The number of morpholine rings is 1. The minimum atomic E-state index is -0.595. The predicted octanol–water partition coefficient (Wildman–Crippen LogP) is 4.96. The zero-order valence-corrected chi connectivity index (χ0v) is 26.8. The van der Waals surface area contributed by atoms with E-state index >= 15 is 0 Å². The van der Waals surface area contributed by atoms with Gasteiger partial charge in [0, 0.05) is 30.2 Å². The first kappa shape index (κ1) is 31.4. The number of aryl methyl sites for hydroxylation is 1. The molecule has 1 atom stereocenters. The number of carbonyl (C=O) groups excluding carboxylic acids is 2. The van der Waals surface area contributed by atoms with Crippen LogP contribution in [0.3, 0.4) is 0 Å². The number of benzene rings is 2. The lowest BCUT2D eigenvalue weighted by Gasteiger charge is -2.29. The van der Waals surface area contributed by atoms with E-state index in [0.717, 1.165) is 41.0 Å². The van der Waals surface area contributed by atoms with Gasteiger partial charge in [0.25, 0.3) is 11.8 Å². The van der Waals surface area contributed by atoms with E-state index in [1.165, 1.54) is 0 Å². The zero-order valence-electron chi connectivity index (χ0n) is 25.9. The minimum Gasteiger partial charge on any atom is -0.493 e. The number of nitrogens with zero attached hydrogens (tertiary/aromatic N) is 4. The van der Waals surface area contributed by atoms with Crippen molar-refractivity contribution in [2.75, 3.05) is 56.4 Å². The van der Waals surface area contributed by atoms with Crippen LogP contribution in [0.5, 0.6) is 11.5 Å². The number of fused-ring (bicyclic) bond motifs is 1. The van der Waals surface area contributed by atoms with Crippen LogP contribution in [0.4, 0.5) is 11.6 Å². The van der Waals surface area contributed by atoms with Crippen LogP contribution in [0, 0.1) is 13.8 Å². The number of hydrogen-bond donors (Lipinski definition) is 2. The molecule has 1 fully saturated rings. The number of methoxy groups -OCH3 is 1. The van der Waals surface area contributed by atoms with Crippen LogP contribution >= 0.6 is 11.8 Å². The van der Waals surface area contributed by atoms with Crippen molar-refractivity contribution in [3.63, 3.8) is 0 Å². The van der Waals surface area contributed by atoms with Crippen LogP contribution in [-0.2, 0) is 14.3 Å². The summed E-state index contributed by atoms with van der Waals surface area (Å²) in [4.78, 5) is 33.2. The Hall–Kier alpha value is -4.03. The first-order valence-corrected chi connectivity index (χ1v) is 15.9. The number of nitrogens with one attached hydrogen (secondary N) is 2. The Kier molecular flexibility index (Phi) is 10.1. The number of ether oxygens (including phenoxy) is 3. The number of anilines is 2. The first-order valence-electron chi connectivity index (χ1n) is 14.9. The molecule has 2 N–H and O–H groups in total. The Morgan fingerprint density at radius 3 is 2.68 bits per heavy atom. The Bertz CT molecular complexity index is 1550. The fraction of sp³-hybridized carbons (Fsp3) is 0.438. The normalized spacial score (nSPS) is 16.3. The number of amides is 2. The SMILES string of the molecule is CCCCSc1nc2n(n1)C(c1ccc(OCC(=O)N3CCOCC3)c(OC)c1)C(C(=O)Nc1cccc(C)c1C)=C(C)N2. The first-order chi connectivity index (χ1) is 21.3. The fourth-order valence-electron chi connectivity index (χ4n) is 5.20. The van der Waals surface area contributed by atoms with Gasteiger partial charge in [0.05, 0.1) is 25.9 Å². The summed E-state index contributed by atoms with van der Waals surface area (Å²) in [7, 11) is 1.55. The standard InChI is InChI=1S/C32H40N6O5S/c1-6-7-17-44-32-35-31-33-22(4)28(30(40)34-24-10-8-9-20(2)21(24)3)29(38(31)36-32)23-11-12-25(26(18-23)41-5)43-19-27(39)37-13-15-42-16-14-37/h8-12,18,29H,6-7,13-17,19H2,1-5H3,(H,34,40)(H,33,35,36). The third-order valence-corrected chi connectivity index (χ3v) is 8.80. The maximum absolute atomic E-state index is 14.0. The summed E-state index contributed by atoms with van der Waals surface area (Å²) in [6, 6.07) is 10.7. The Morgan fingerprint density at radius 1 is 1.14 bits per heavy atom. The van der Waals surface area contributed by atoms with E-state index in [-0.39, 0.29) is 18.4 Å². The second-order valence-electron chi connectivity index (χ2n) is 10.8. The predicted molar refractivity (Wildman–Crippen MR) is 171 cm³/mol. The average molecular weight is 621 g/mol. The van der Waals surface area contributed by atoms with Crippen LogP contribution in [0.15, 0.2) is 52.8 Å². The lowest BCUT2D eigenvalue weighted by atomic mass is 9.94. The Labute approximate surface area is 262 Å². The molecule has 234 valence electrons. The monoisotopic (exact) mass is 620 g/mol. The van der Waals surface area contributed by atoms with E-state index < -0.39 is 6.04 Å². The van der Waals surface area contributed by atoms with Gasteiger partial charge in [-0.15, -0.1) is 5.10 Å². The van der Waals surface area contributed by atoms with E-state index in [1.54, 1.807) is 34.5 Å². The smallest absolute Gasteiger partial charge is 0.260 e. The van der Waals surface area contributed by atoms with E-state index in [0.29, 0.717) is 60.2 Å². The summed E-state index contributed by atoms with van der Waals surface area (Å²) in [6.45, 7) is 10.1. The quantitative estimate of drug-likeness (QED) is 0.226. The van der Waals surface area contributed by atoms with Gasteiger partial charge in [0.15, 0.2) is 18.1 Å². The Morgan fingerprint density at radius 2 is 1.93 bits per heavy atom. The van der Waals surface area contributed by atoms with Gasteiger partial charge < -0.3 is 29.7 Å². The van der Waals surface area contributed by atoms with Crippen LogP contribution in [0.2, 0.25) is 0 Å². The van der Waals surface area contributed by atoms with Crippen LogP contribution in [0.25, 0.3) is 0 Å². The third kappa shape index (κ3) is 6.86. The third-order valence-electron chi connectivity index (χ3n) is 7.88. The number of unbranched alkanes of at least 4 members (excludes halogenated alkanes) is 1. The molecule has 44 heavy (non-hydrogen) atoms. The van der Waals surface area contributed by atoms with Crippen molar-refractivity contribution in [3.05, 3.63) is 64.4 Å². The molecule has 0 spiro atoms. The molecule has 0 saturated carbocycles. The van der Waals surface area contributed by atoms with E-state index in [9.17, 15) is 9.59 Å². The van der Waals surface area contributed by atoms with Crippen molar-refractivity contribution in [3.8, 4) is 11.5 Å².